The van der Waals surface area contributed by atoms with Gasteiger partial charge in [-0.3, -0.25) is 0 Å². The summed E-state index contributed by atoms with van der Waals surface area (Å²) in [7, 11) is -0.411. The van der Waals surface area contributed by atoms with Gasteiger partial charge in [-0.05, 0) is 0 Å². The van der Waals surface area contributed by atoms with E-state index in [9.17, 15) is 8.42 Å². The number of hydrogen-bond acceptors (Lipinski definition) is 3. The molecule has 0 fully saturated rings. The molecule has 1 aromatic rings. The lowest BCUT2D eigenvalue weighted by atomic mass is 11.0. The van der Waals surface area contributed by atoms with Crippen LogP contribution >= 0.6 is 12.4 Å². The zero-order valence-corrected chi connectivity index (χ0v) is 8.34. The number of hydrogen-bond donors (Lipinski definition) is 0. The summed E-state index contributed by atoms with van der Waals surface area (Å²) in [6.45, 7) is 0. The van der Waals surface area contributed by atoms with Crippen LogP contribution in [0.1, 0.15) is 0 Å². The fourth-order valence-electron chi connectivity index (χ4n) is 0.572. The highest BCUT2D eigenvalue weighted by Crippen LogP contribution is 1.98. The van der Waals surface area contributed by atoms with Gasteiger partial charge in [-0.1, -0.05) is 0 Å². The molecule has 1 heterocycles. The van der Waals surface area contributed by atoms with E-state index in [2.05, 4.69) is 4.98 Å². The molecule has 12 heavy (non-hydrogen) atoms. The molecular formula is C5H10ClN3O2S. The Morgan fingerprint density at radius 2 is 2.00 bits per heavy atom. The smallest absolute Gasteiger partial charge is 0.244 e. The Hall–Kier alpha value is -0.590. The van der Waals surface area contributed by atoms with Crippen molar-refractivity contribution in [2.75, 3.05) is 14.1 Å². The summed E-state index contributed by atoms with van der Waals surface area (Å²) in [6.07, 6.45) is 4.05. The normalized spacial score (nSPS) is 11.2. The second kappa shape index (κ2) is 3.88. The van der Waals surface area contributed by atoms with Gasteiger partial charge < -0.3 is 0 Å². The fraction of sp³-hybridized carbons (Fsp3) is 0.400. The van der Waals surface area contributed by atoms with E-state index in [4.69, 9.17) is 0 Å². The van der Waals surface area contributed by atoms with Crippen LogP contribution in [0.2, 0.25) is 0 Å². The van der Waals surface area contributed by atoms with Crippen LogP contribution in [0.15, 0.2) is 18.7 Å². The van der Waals surface area contributed by atoms with Gasteiger partial charge in [0.05, 0.1) is 0 Å². The summed E-state index contributed by atoms with van der Waals surface area (Å²) in [4.78, 5) is 3.63. The van der Waals surface area contributed by atoms with Crippen LogP contribution in [-0.2, 0) is 10.2 Å². The predicted octanol–water partition coefficient (Wildman–Crippen LogP) is -0.0406. The molecule has 0 amide bonds. The topological polar surface area (TPSA) is 55.2 Å². The highest BCUT2D eigenvalue weighted by atomic mass is 35.5. The molecule has 0 radical (unpaired) electrons. The van der Waals surface area contributed by atoms with Gasteiger partial charge in [0.25, 0.3) is 0 Å². The number of aromatic nitrogens is 2. The maximum Gasteiger partial charge on any atom is 0.308 e. The lowest BCUT2D eigenvalue weighted by Crippen LogP contribution is -2.27. The third-order valence-corrected chi connectivity index (χ3v) is 2.88. The van der Waals surface area contributed by atoms with Gasteiger partial charge in [0, 0.05) is 26.5 Å². The average Bonchev–Trinajstić information content (AvgIpc) is 2.37. The molecule has 0 atom stereocenters. The van der Waals surface area contributed by atoms with Gasteiger partial charge in [-0.15, -0.1) is 12.4 Å². The molecule has 0 bridgehead atoms. The number of rotatable bonds is 2. The predicted molar refractivity (Wildman–Crippen MR) is 47.5 cm³/mol. The maximum absolute atomic E-state index is 11.2. The Balaban J connectivity index is 0.00000121. The molecule has 5 nitrogen and oxygen atoms in total. The lowest BCUT2D eigenvalue weighted by Gasteiger charge is -2.10. The molecule has 70 valence electrons. The second-order valence-corrected chi connectivity index (χ2v) is 4.23. The summed E-state index contributed by atoms with van der Waals surface area (Å²) in [5.74, 6) is 0. The van der Waals surface area contributed by atoms with Crippen molar-refractivity contribution in [3.05, 3.63) is 18.7 Å². The Bertz CT molecular complexity index is 318. The molecule has 0 saturated heterocycles. The standard InChI is InChI=1S/C5H9N3O2S.ClH/c1-7(2)11(9,10)8-4-3-6-5-8;/h3-5H,1-2H3;1H. The molecule has 1 aromatic heterocycles. The van der Waals surface area contributed by atoms with Crippen molar-refractivity contribution in [1.82, 2.24) is 13.3 Å². The molecule has 0 aromatic carbocycles. The van der Waals surface area contributed by atoms with Gasteiger partial charge in [-0.25, -0.2) is 8.96 Å². The number of nitrogens with zero attached hydrogens (tertiary/aromatic N) is 3. The van der Waals surface area contributed by atoms with Crippen LogP contribution in [0.25, 0.3) is 0 Å². The molecule has 7 heteroatoms. The van der Waals surface area contributed by atoms with Crippen molar-refractivity contribution in [3.63, 3.8) is 0 Å². The van der Waals surface area contributed by atoms with Crippen molar-refractivity contribution >= 4 is 22.6 Å². The Labute approximate surface area is 77.6 Å². The number of imidazole rings is 1. The summed E-state index contributed by atoms with van der Waals surface area (Å²) in [5.41, 5.74) is 0. The van der Waals surface area contributed by atoms with E-state index in [-0.39, 0.29) is 12.4 Å². The van der Waals surface area contributed by atoms with E-state index in [1.807, 2.05) is 0 Å². The van der Waals surface area contributed by atoms with Crippen LogP contribution < -0.4 is 0 Å². The van der Waals surface area contributed by atoms with Crippen LogP contribution in [0, 0.1) is 0 Å². The van der Waals surface area contributed by atoms with Crippen LogP contribution in [0.5, 0.6) is 0 Å². The summed E-state index contributed by atoms with van der Waals surface area (Å²) < 4.78 is 24.7. The molecule has 0 spiro atoms. The molecule has 0 saturated carbocycles. The minimum absolute atomic E-state index is 0. The first kappa shape index (κ1) is 11.4. The summed E-state index contributed by atoms with van der Waals surface area (Å²) in [5, 5.41) is 0. The summed E-state index contributed by atoms with van der Waals surface area (Å²) >= 11 is 0. The van der Waals surface area contributed by atoms with Crippen molar-refractivity contribution in [1.29, 1.82) is 0 Å². The van der Waals surface area contributed by atoms with Gasteiger partial charge in [-0.2, -0.15) is 12.7 Å². The molecular weight excluding hydrogens is 202 g/mol. The fourth-order valence-corrected chi connectivity index (χ4v) is 1.33. The van der Waals surface area contributed by atoms with Gasteiger partial charge in [0.1, 0.15) is 6.33 Å². The van der Waals surface area contributed by atoms with Crippen LogP contribution in [-0.4, -0.2) is 35.8 Å². The van der Waals surface area contributed by atoms with Crippen molar-refractivity contribution in [2.24, 2.45) is 0 Å². The van der Waals surface area contributed by atoms with Crippen LogP contribution in [0.3, 0.4) is 0 Å². The minimum atomic E-state index is -3.35. The Morgan fingerprint density at radius 3 is 2.33 bits per heavy atom. The Morgan fingerprint density at radius 1 is 1.42 bits per heavy atom. The number of halogens is 1. The highest BCUT2D eigenvalue weighted by molar-refractivity contribution is 7.87. The minimum Gasteiger partial charge on any atom is -0.244 e. The van der Waals surface area contributed by atoms with Crippen molar-refractivity contribution in [2.45, 2.75) is 0 Å². The van der Waals surface area contributed by atoms with Gasteiger partial charge >= 0.3 is 10.2 Å². The largest absolute Gasteiger partial charge is 0.308 e. The van der Waals surface area contributed by atoms with E-state index in [0.717, 1.165) is 8.28 Å². The third-order valence-electron chi connectivity index (χ3n) is 1.21. The molecule has 0 aliphatic rings. The van der Waals surface area contributed by atoms with Gasteiger partial charge in [0.2, 0.25) is 0 Å². The van der Waals surface area contributed by atoms with Gasteiger partial charge in [0.15, 0.2) is 0 Å². The van der Waals surface area contributed by atoms with E-state index in [1.54, 1.807) is 0 Å². The second-order valence-electron chi connectivity index (χ2n) is 2.18. The molecule has 0 N–H and O–H groups in total. The van der Waals surface area contributed by atoms with E-state index < -0.39 is 10.2 Å². The molecule has 0 aliphatic carbocycles. The van der Waals surface area contributed by atoms with Crippen molar-refractivity contribution < 1.29 is 8.42 Å². The zero-order chi connectivity index (χ0) is 8.48. The zero-order valence-electron chi connectivity index (χ0n) is 6.71. The first-order valence-corrected chi connectivity index (χ1v) is 4.36. The quantitative estimate of drug-likeness (QED) is 0.690. The van der Waals surface area contributed by atoms with Crippen molar-refractivity contribution in [3.8, 4) is 0 Å². The molecule has 1 rings (SSSR count). The monoisotopic (exact) mass is 211 g/mol. The molecule has 0 aliphatic heterocycles. The first-order chi connectivity index (χ1) is 5.05. The SMILES string of the molecule is CN(C)S(=O)(=O)n1ccnc1.Cl. The third kappa shape index (κ3) is 1.96. The van der Waals surface area contributed by atoms with E-state index in [1.165, 1.54) is 32.8 Å². The Kier molecular flexibility index (Phi) is 3.69. The average molecular weight is 212 g/mol. The first-order valence-electron chi connectivity index (χ1n) is 2.96. The summed E-state index contributed by atoms with van der Waals surface area (Å²) in [6, 6.07) is 0. The van der Waals surface area contributed by atoms with E-state index >= 15 is 0 Å². The van der Waals surface area contributed by atoms with Crippen LogP contribution in [0.4, 0.5) is 0 Å². The van der Waals surface area contributed by atoms with E-state index in [0.29, 0.717) is 0 Å². The molecule has 0 unspecified atom stereocenters. The lowest BCUT2D eigenvalue weighted by molar-refractivity contribution is 0.510. The maximum atomic E-state index is 11.2. The highest BCUT2D eigenvalue weighted by Gasteiger charge is 2.13.